The van der Waals surface area contributed by atoms with Gasteiger partial charge in [0.25, 0.3) is 5.91 Å². The Morgan fingerprint density at radius 2 is 2.12 bits per heavy atom. The van der Waals surface area contributed by atoms with Crippen LogP contribution in [0, 0.1) is 13.8 Å². The first-order valence-electron chi connectivity index (χ1n) is 8.51. The number of hydrogen-bond acceptors (Lipinski definition) is 6. The molecule has 0 bridgehead atoms. The second-order valence-electron chi connectivity index (χ2n) is 7.10. The molecular weight excluding hydrogens is 306 g/mol. The van der Waals surface area contributed by atoms with Gasteiger partial charge in [-0.15, -0.1) is 0 Å². The first kappa shape index (κ1) is 17.1. The fourth-order valence-electron chi connectivity index (χ4n) is 3.35. The molecule has 1 amide bonds. The third-order valence-corrected chi connectivity index (χ3v) is 5.34. The summed E-state index contributed by atoms with van der Waals surface area (Å²) in [4.78, 5) is 25.9. The van der Waals surface area contributed by atoms with Crippen molar-refractivity contribution in [3.63, 3.8) is 0 Å². The highest BCUT2D eigenvalue weighted by Gasteiger charge is 2.49. The quantitative estimate of drug-likeness (QED) is 0.861. The van der Waals surface area contributed by atoms with Gasteiger partial charge in [-0.2, -0.15) is 0 Å². The average Bonchev–Trinajstić information content (AvgIpc) is 3.22. The van der Waals surface area contributed by atoms with Crippen molar-refractivity contribution in [2.75, 3.05) is 38.8 Å². The van der Waals surface area contributed by atoms with Crippen LogP contribution in [0.3, 0.4) is 0 Å². The van der Waals surface area contributed by atoms with E-state index >= 15 is 0 Å². The maximum Gasteiger partial charge on any atom is 0.292 e. The molecule has 2 heterocycles. The number of aromatic nitrogens is 2. The highest BCUT2D eigenvalue weighted by molar-refractivity contribution is 5.91. The van der Waals surface area contributed by atoms with E-state index in [1.807, 2.05) is 20.9 Å². The average molecular weight is 333 g/mol. The lowest BCUT2D eigenvalue weighted by Crippen LogP contribution is -2.43. The summed E-state index contributed by atoms with van der Waals surface area (Å²) in [6.07, 6.45) is 2.87. The van der Waals surface area contributed by atoms with E-state index in [-0.39, 0.29) is 23.3 Å². The smallest absolute Gasteiger partial charge is 0.292 e. The fraction of sp³-hybridized carbons (Fsp3) is 0.706. The summed E-state index contributed by atoms with van der Waals surface area (Å²) >= 11 is 0. The zero-order valence-corrected chi connectivity index (χ0v) is 15.0. The van der Waals surface area contributed by atoms with Crippen LogP contribution >= 0.6 is 0 Å². The Hall–Kier alpha value is -1.73. The summed E-state index contributed by atoms with van der Waals surface area (Å²) in [6, 6.07) is 0.165. The van der Waals surface area contributed by atoms with Crippen molar-refractivity contribution >= 4 is 11.7 Å². The van der Waals surface area contributed by atoms with Gasteiger partial charge in [0.1, 0.15) is 5.82 Å². The number of anilines is 1. The first-order chi connectivity index (χ1) is 11.4. The molecule has 0 aromatic carbocycles. The van der Waals surface area contributed by atoms with Crippen molar-refractivity contribution in [2.24, 2.45) is 5.73 Å². The summed E-state index contributed by atoms with van der Waals surface area (Å²) in [5.74, 6) is 0.958. The van der Waals surface area contributed by atoms with Crippen molar-refractivity contribution in [2.45, 2.75) is 44.7 Å². The molecule has 1 saturated carbocycles. The van der Waals surface area contributed by atoms with Crippen LogP contribution in [0.15, 0.2) is 0 Å². The number of methoxy groups -OCH3 is 1. The summed E-state index contributed by atoms with van der Waals surface area (Å²) in [5.41, 5.74) is 7.69. The minimum absolute atomic E-state index is 0.141. The second kappa shape index (κ2) is 6.29. The van der Waals surface area contributed by atoms with Gasteiger partial charge in [0, 0.05) is 44.5 Å². The molecule has 1 aliphatic heterocycles. The predicted octanol–water partition coefficient (Wildman–Crippen LogP) is 0.882. The van der Waals surface area contributed by atoms with Crippen molar-refractivity contribution in [3.8, 4) is 0 Å². The molecule has 0 radical (unpaired) electrons. The second-order valence-corrected chi connectivity index (χ2v) is 7.10. The SMILES string of the molecule is COCC1(N(C)C(=O)c2nc(C)c(C)c(N3CC[C@@H](N)C3)n2)CC1. The van der Waals surface area contributed by atoms with Gasteiger partial charge in [-0.1, -0.05) is 0 Å². The number of carbonyl (C=O) groups excluding carboxylic acids is 1. The third kappa shape index (κ3) is 2.98. The molecule has 2 aliphatic rings. The van der Waals surface area contributed by atoms with Crippen molar-refractivity contribution in [3.05, 3.63) is 17.1 Å². The maximum atomic E-state index is 12.9. The lowest BCUT2D eigenvalue weighted by molar-refractivity contribution is 0.0540. The van der Waals surface area contributed by atoms with Crippen molar-refractivity contribution in [1.29, 1.82) is 0 Å². The molecule has 1 atom stereocenters. The largest absolute Gasteiger partial charge is 0.382 e. The molecule has 0 spiro atoms. The molecule has 1 aromatic heterocycles. The Labute approximate surface area is 143 Å². The van der Waals surface area contributed by atoms with E-state index in [2.05, 4.69) is 14.9 Å². The Bertz CT molecular complexity index is 644. The maximum absolute atomic E-state index is 12.9. The van der Waals surface area contributed by atoms with E-state index in [1.165, 1.54) is 0 Å². The van der Waals surface area contributed by atoms with Crippen LogP contribution in [0.2, 0.25) is 0 Å². The van der Waals surface area contributed by atoms with Crippen LogP contribution in [0.4, 0.5) is 5.82 Å². The van der Waals surface area contributed by atoms with E-state index in [0.717, 1.165) is 49.4 Å². The standard InChI is InChI=1S/C17H27N5O2/c1-11-12(2)19-14(20-15(11)22-8-5-13(18)9-22)16(23)21(3)17(6-7-17)10-24-4/h13H,5-10,18H2,1-4H3/t13-/m1/s1. The third-order valence-electron chi connectivity index (χ3n) is 5.34. The monoisotopic (exact) mass is 333 g/mol. The zero-order chi connectivity index (χ0) is 17.5. The molecule has 7 nitrogen and oxygen atoms in total. The predicted molar refractivity (Wildman–Crippen MR) is 92.2 cm³/mol. The number of nitrogens with zero attached hydrogens (tertiary/aromatic N) is 4. The normalized spacial score (nSPS) is 21.9. The highest BCUT2D eigenvalue weighted by atomic mass is 16.5. The molecule has 132 valence electrons. The molecule has 7 heteroatoms. The van der Waals surface area contributed by atoms with Crippen LogP contribution < -0.4 is 10.6 Å². The number of rotatable bonds is 5. The van der Waals surface area contributed by atoms with Gasteiger partial charge >= 0.3 is 0 Å². The van der Waals surface area contributed by atoms with Gasteiger partial charge < -0.3 is 20.3 Å². The van der Waals surface area contributed by atoms with Gasteiger partial charge in [-0.3, -0.25) is 4.79 Å². The minimum atomic E-state index is -0.190. The molecule has 1 aliphatic carbocycles. The van der Waals surface area contributed by atoms with Crippen LogP contribution in [0.5, 0.6) is 0 Å². The molecule has 2 fully saturated rings. The molecule has 1 aromatic rings. The summed E-state index contributed by atoms with van der Waals surface area (Å²) in [6.45, 7) is 6.12. The number of nitrogens with two attached hydrogens (primary N) is 1. The van der Waals surface area contributed by atoms with E-state index in [0.29, 0.717) is 6.61 Å². The molecular formula is C17H27N5O2. The lowest BCUT2D eigenvalue weighted by Gasteiger charge is -2.28. The zero-order valence-electron chi connectivity index (χ0n) is 15.0. The highest BCUT2D eigenvalue weighted by Crippen LogP contribution is 2.41. The molecule has 3 rings (SSSR count). The van der Waals surface area contributed by atoms with Crippen molar-refractivity contribution < 1.29 is 9.53 Å². The number of amides is 1. The number of carbonyl (C=O) groups is 1. The Balaban J connectivity index is 1.88. The van der Waals surface area contributed by atoms with Crippen LogP contribution in [-0.2, 0) is 4.74 Å². The number of likely N-dealkylation sites (N-methyl/N-ethyl adjacent to an activating group) is 1. The van der Waals surface area contributed by atoms with E-state index in [1.54, 1.807) is 12.0 Å². The van der Waals surface area contributed by atoms with Gasteiger partial charge in [0.15, 0.2) is 0 Å². The van der Waals surface area contributed by atoms with Gasteiger partial charge in [0.05, 0.1) is 12.1 Å². The summed E-state index contributed by atoms with van der Waals surface area (Å²) in [5, 5.41) is 0. The number of aryl methyl sites for hydroxylation is 1. The van der Waals surface area contributed by atoms with Crippen molar-refractivity contribution in [1.82, 2.24) is 14.9 Å². The van der Waals surface area contributed by atoms with Crippen LogP contribution in [0.25, 0.3) is 0 Å². The molecule has 2 N–H and O–H groups in total. The Morgan fingerprint density at radius 1 is 1.42 bits per heavy atom. The molecule has 24 heavy (non-hydrogen) atoms. The molecule has 1 saturated heterocycles. The van der Waals surface area contributed by atoms with Gasteiger partial charge in [-0.25, -0.2) is 9.97 Å². The summed E-state index contributed by atoms with van der Waals surface area (Å²) in [7, 11) is 3.48. The number of ether oxygens (including phenoxy) is 1. The van der Waals surface area contributed by atoms with Crippen LogP contribution in [0.1, 0.15) is 41.1 Å². The van der Waals surface area contributed by atoms with Gasteiger partial charge in [-0.05, 0) is 33.1 Å². The first-order valence-corrected chi connectivity index (χ1v) is 8.51. The molecule has 0 unspecified atom stereocenters. The topological polar surface area (TPSA) is 84.6 Å². The van der Waals surface area contributed by atoms with Crippen LogP contribution in [-0.4, -0.2) is 66.2 Å². The summed E-state index contributed by atoms with van der Waals surface area (Å²) < 4.78 is 5.28. The Kier molecular flexibility index (Phi) is 4.48. The van der Waals surface area contributed by atoms with E-state index in [9.17, 15) is 4.79 Å². The van der Waals surface area contributed by atoms with E-state index < -0.39 is 0 Å². The Morgan fingerprint density at radius 3 is 2.67 bits per heavy atom. The lowest BCUT2D eigenvalue weighted by atomic mass is 10.2. The minimum Gasteiger partial charge on any atom is -0.382 e. The number of hydrogen-bond donors (Lipinski definition) is 1. The van der Waals surface area contributed by atoms with Gasteiger partial charge in [0.2, 0.25) is 5.82 Å². The van der Waals surface area contributed by atoms with E-state index in [4.69, 9.17) is 10.5 Å². The fourth-order valence-corrected chi connectivity index (χ4v) is 3.35.